The van der Waals surface area contributed by atoms with Crippen LogP contribution in [0.2, 0.25) is 0 Å². The van der Waals surface area contributed by atoms with Crippen LogP contribution in [0.4, 0.5) is 0 Å². The minimum Gasteiger partial charge on any atom is -0.316 e. The van der Waals surface area contributed by atoms with Crippen molar-refractivity contribution in [3.05, 3.63) is 30.1 Å². The number of hydrogen-bond donors (Lipinski definition) is 1. The highest BCUT2D eigenvalue weighted by Gasteiger charge is 2.15. The molecule has 1 saturated heterocycles. The van der Waals surface area contributed by atoms with Gasteiger partial charge in [-0.1, -0.05) is 6.07 Å². The van der Waals surface area contributed by atoms with Crippen LogP contribution in [-0.2, 0) is 6.42 Å². The molecule has 18 heavy (non-hydrogen) atoms. The molecule has 1 N–H and O–H groups in total. The van der Waals surface area contributed by atoms with Gasteiger partial charge < -0.3 is 10.2 Å². The maximum Gasteiger partial charge on any atom is 0.0416 e. The number of piperidine rings is 1. The van der Waals surface area contributed by atoms with Crippen LogP contribution in [-0.4, -0.2) is 43.1 Å². The van der Waals surface area contributed by atoms with Gasteiger partial charge in [0.05, 0.1) is 0 Å². The van der Waals surface area contributed by atoms with Gasteiger partial charge in [0.1, 0.15) is 0 Å². The summed E-state index contributed by atoms with van der Waals surface area (Å²) in [5.74, 6) is 0.934. The summed E-state index contributed by atoms with van der Waals surface area (Å²) in [6, 6.07) is 6.12. The van der Waals surface area contributed by atoms with Crippen molar-refractivity contribution in [3.63, 3.8) is 0 Å². The van der Waals surface area contributed by atoms with E-state index in [0.717, 1.165) is 25.4 Å². The molecule has 1 aromatic heterocycles. The van der Waals surface area contributed by atoms with Gasteiger partial charge in [0, 0.05) is 24.9 Å². The molecule has 0 atom stereocenters. The predicted octanol–water partition coefficient (Wildman–Crippen LogP) is 1.95. The normalized spacial score (nSPS) is 18.1. The number of nitrogens with one attached hydrogen (secondary N) is 1. The lowest BCUT2D eigenvalue weighted by Gasteiger charge is -2.28. The van der Waals surface area contributed by atoms with Gasteiger partial charge in [0.25, 0.3) is 0 Å². The average molecular weight is 247 g/mol. The molecular formula is C15H25N3. The highest BCUT2D eigenvalue weighted by Crippen LogP contribution is 2.18. The maximum absolute atomic E-state index is 4.33. The number of rotatable bonds is 6. The van der Waals surface area contributed by atoms with Gasteiger partial charge in [-0.2, -0.15) is 0 Å². The molecule has 3 heteroatoms. The average Bonchev–Trinajstić information content (AvgIpc) is 2.42. The van der Waals surface area contributed by atoms with Gasteiger partial charge in [0.15, 0.2) is 0 Å². The van der Waals surface area contributed by atoms with E-state index in [-0.39, 0.29) is 0 Å². The number of nitrogens with zero attached hydrogens (tertiary/aromatic N) is 2. The first-order valence-electron chi connectivity index (χ1n) is 7.14. The lowest BCUT2D eigenvalue weighted by atomic mass is 9.94. The Kier molecular flexibility index (Phi) is 5.62. The van der Waals surface area contributed by atoms with Crippen molar-refractivity contribution in [3.8, 4) is 0 Å². The SMILES string of the molecule is CN1CCC(CCNCCc2ccccn2)CC1. The molecule has 1 aromatic rings. The smallest absolute Gasteiger partial charge is 0.0416 e. The van der Waals surface area contributed by atoms with Gasteiger partial charge in [-0.25, -0.2) is 0 Å². The second-order valence-corrected chi connectivity index (χ2v) is 5.36. The van der Waals surface area contributed by atoms with Gasteiger partial charge in [-0.05, 0) is 64.0 Å². The number of hydrogen-bond acceptors (Lipinski definition) is 3. The number of pyridine rings is 1. The van der Waals surface area contributed by atoms with E-state index in [4.69, 9.17) is 0 Å². The summed E-state index contributed by atoms with van der Waals surface area (Å²) in [5, 5.41) is 3.54. The zero-order valence-electron chi connectivity index (χ0n) is 11.4. The molecule has 1 aliphatic heterocycles. The van der Waals surface area contributed by atoms with Crippen LogP contribution in [0.25, 0.3) is 0 Å². The van der Waals surface area contributed by atoms with Crippen LogP contribution >= 0.6 is 0 Å². The summed E-state index contributed by atoms with van der Waals surface area (Å²) < 4.78 is 0. The zero-order valence-corrected chi connectivity index (χ0v) is 11.4. The Balaban J connectivity index is 1.51. The molecule has 0 radical (unpaired) electrons. The van der Waals surface area contributed by atoms with Gasteiger partial charge in [0.2, 0.25) is 0 Å². The lowest BCUT2D eigenvalue weighted by Crippen LogP contribution is -2.31. The van der Waals surface area contributed by atoms with Gasteiger partial charge in [-0.3, -0.25) is 4.98 Å². The van der Waals surface area contributed by atoms with E-state index in [2.05, 4.69) is 34.4 Å². The Labute approximate surface area is 111 Å². The molecule has 0 unspecified atom stereocenters. The van der Waals surface area contributed by atoms with Crippen molar-refractivity contribution in [2.45, 2.75) is 25.7 Å². The molecule has 2 heterocycles. The molecule has 0 aliphatic carbocycles. The van der Waals surface area contributed by atoms with Gasteiger partial charge in [-0.15, -0.1) is 0 Å². The summed E-state index contributed by atoms with van der Waals surface area (Å²) in [5.41, 5.74) is 1.18. The van der Waals surface area contributed by atoms with E-state index < -0.39 is 0 Å². The topological polar surface area (TPSA) is 28.2 Å². The third-order valence-electron chi connectivity index (χ3n) is 3.85. The maximum atomic E-state index is 4.33. The fourth-order valence-electron chi connectivity index (χ4n) is 2.54. The van der Waals surface area contributed by atoms with E-state index in [1.54, 1.807) is 0 Å². The lowest BCUT2D eigenvalue weighted by molar-refractivity contribution is 0.212. The Morgan fingerprint density at radius 2 is 2.11 bits per heavy atom. The summed E-state index contributed by atoms with van der Waals surface area (Å²) in [4.78, 5) is 6.76. The summed E-state index contributed by atoms with van der Waals surface area (Å²) in [6.45, 7) is 4.75. The molecule has 1 aliphatic rings. The quantitative estimate of drug-likeness (QED) is 0.779. The molecule has 0 amide bonds. The van der Waals surface area contributed by atoms with Crippen molar-refractivity contribution in [2.75, 3.05) is 33.2 Å². The molecule has 0 spiro atoms. The Morgan fingerprint density at radius 1 is 1.28 bits per heavy atom. The fraction of sp³-hybridized carbons (Fsp3) is 0.667. The van der Waals surface area contributed by atoms with Crippen LogP contribution in [0.3, 0.4) is 0 Å². The highest BCUT2D eigenvalue weighted by molar-refractivity contribution is 5.03. The number of aromatic nitrogens is 1. The van der Waals surface area contributed by atoms with Crippen molar-refractivity contribution in [1.82, 2.24) is 15.2 Å². The molecule has 2 rings (SSSR count). The van der Waals surface area contributed by atoms with E-state index in [9.17, 15) is 0 Å². The molecular weight excluding hydrogens is 222 g/mol. The van der Waals surface area contributed by atoms with E-state index in [0.29, 0.717) is 0 Å². The van der Waals surface area contributed by atoms with E-state index in [1.165, 1.54) is 38.0 Å². The Bertz CT molecular complexity index is 318. The highest BCUT2D eigenvalue weighted by atomic mass is 15.1. The van der Waals surface area contributed by atoms with Crippen LogP contribution in [0.15, 0.2) is 24.4 Å². The molecule has 0 aromatic carbocycles. The first-order chi connectivity index (χ1) is 8.84. The molecule has 3 nitrogen and oxygen atoms in total. The van der Waals surface area contributed by atoms with Crippen LogP contribution in [0.5, 0.6) is 0 Å². The predicted molar refractivity (Wildman–Crippen MR) is 75.6 cm³/mol. The second kappa shape index (κ2) is 7.49. The second-order valence-electron chi connectivity index (χ2n) is 5.36. The molecule has 0 bridgehead atoms. The van der Waals surface area contributed by atoms with Gasteiger partial charge >= 0.3 is 0 Å². The van der Waals surface area contributed by atoms with E-state index in [1.807, 2.05) is 12.3 Å². The number of likely N-dealkylation sites (tertiary alicyclic amines) is 1. The molecule has 1 fully saturated rings. The van der Waals surface area contributed by atoms with Crippen LogP contribution < -0.4 is 5.32 Å². The molecule has 100 valence electrons. The van der Waals surface area contributed by atoms with Crippen LogP contribution in [0, 0.1) is 5.92 Å². The third kappa shape index (κ3) is 4.75. The van der Waals surface area contributed by atoms with E-state index >= 15 is 0 Å². The minimum atomic E-state index is 0.934. The Hall–Kier alpha value is -0.930. The summed E-state index contributed by atoms with van der Waals surface area (Å²) in [7, 11) is 2.22. The van der Waals surface area contributed by atoms with Crippen molar-refractivity contribution in [1.29, 1.82) is 0 Å². The summed E-state index contributed by atoms with van der Waals surface area (Å²) in [6.07, 6.45) is 6.98. The van der Waals surface area contributed by atoms with Crippen LogP contribution in [0.1, 0.15) is 25.0 Å². The van der Waals surface area contributed by atoms with Crippen molar-refractivity contribution >= 4 is 0 Å². The monoisotopic (exact) mass is 247 g/mol. The fourth-order valence-corrected chi connectivity index (χ4v) is 2.54. The first-order valence-corrected chi connectivity index (χ1v) is 7.14. The van der Waals surface area contributed by atoms with Crippen molar-refractivity contribution < 1.29 is 0 Å². The Morgan fingerprint density at radius 3 is 2.83 bits per heavy atom. The third-order valence-corrected chi connectivity index (χ3v) is 3.85. The molecule has 0 saturated carbocycles. The summed E-state index contributed by atoms with van der Waals surface area (Å²) >= 11 is 0. The minimum absolute atomic E-state index is 0.934. The largest absolute Gasteiger partial charge is 0.316 e. The zero-order chi connectivity index (χ0) is 12.6. The first kappa shape index (κ1) is 13.5. The van der Waals surface area contributed by atoms with Crippen molar-refractivity contribution in [2.24, 2.45) is 5.92 Å². The standard InChI is InChI=1S/C15H25N3/c1-18-12-7-14(8-13-18)5-10-16-11-6-15-4-2-3-9-17-15/h2-4,9,14,16H,5-8,10-13H2,1H3.